The summed E-state index contributed by atoms with van der Waals surface area (Å²) in [7, 11) is 0. The first-order chi connectivity index (χ1) is 16.8. The van der Waals surface area contributed by atoms with Crippen LogP contribution in [-0.4, -0.2) is 36.3 Å². The average Bonchev–Trinajstić information content (AvgIpc) is 2.85. The minimum Gasteiger partial charge on any atom is -0.854 e. The summed E-state index contributed by atoms with van der Waals surface area (Å²) in [6.07, 6.45) is 37.7. The zero-order valence-electron chi connectivity index (χ0n) is 24.7. The van der Waals surface area contributed by atoms with Gasteiger partial charge in [0.15, 0.2) is 0 Å². The van der Waals surface area contributed by atoms with E-state index in [0.29, 0.717) is 0 Å². The van der Waals surface area contributed by atoms with Gasteiger partial charge in [-0.1, -0.05) is 194 Å². The molecule has 0 aliphatic heterocycles. The first-order valence-electron chi connectivity index (χ1n) is 16.0. The summed E-state index contributed by atoms with van der Waals surface area (Å²) in [5.74, 6) is 0. The predicted octanol–water partition coefficient (Wildman–Crippen LogP) is 9.28. The molecule has 0 radical (unpaired) electrons. The Hall–Kier alpha value is 0.686. The third-order valence-corrected chi connectivity index (χ3v) is 7.00. The first-order valence-corrected chi connectivity index (χ1v) is 16.0. The third-order valence-electron chi connectivity index (χ3n) is 7.00. The monoisotopic (exact) mass is 506 g/mol. The van der Waals surface area contributed by atoms with Crippen molar-refractivity contribution in [1.29, 1.82) is 0 Å². The minimum absolute atomic E-state index is 0. The van der Waals surface area contributed by atoms with Crippen LogP contribution >= 0.6 is 0 Å². The fraction of sp³-hybridized carbons (Fsp3) is 1.00. The van der Waals surface area contributed by atoms with Crippen molar-refractivity contribution in [2.45, 2.75) is 194 Å². The van der Waals surface area contributed by atoms with Gasteiger partial charge in [0.25, 0.3) is 0 Å². The molecule has 208 valence electrons. The van der Waals surface area contributed by atoms with E-state index in [-0.39, 0.29) is 36.3 Å². The summed E-state index contributed by atoms with van der Waals surface area (Å²) in [6.45, 7) is 4.80. The zero-order chi connectivity index (χ0) is 25.2. The van der Waals surface area contributed by atoms with Gasteiger partial charge in [0.2, 0.25) is 0 Å². The van der Waals surface area contributed by atoms with Crippen molar-refractivity contribution >= 4 is 23.1 Å². The molecule has 0 heterocycles. The van der Waals surface area contributed by atoms with Crippen LogP contribution in [0.2, 0.25) is 0 Å². The van der Waals surface area contributed by atoms with Gasteiger partial charge in [-0.25, -0.2) is 0 Å². The van der Waals surface area contributed by atoms with Crippen molar-refractivity contribution in [3.8, 4) is 0 Å². The Morgan fingerprint density at radius 2 is 0.400 bits per heavy atom. The molecule has 0 aliphatic carbocycles. The summed E-state index contributed by atoms with van der Waals surface area (Å²) >= 11 is 0. The van der Waals surface area contributed by atoms with Crippen molar-refractivity contribution in [3.05, 3.63) is 0 Å². The Kier molecular flexibility index (Phi) is 48.0. The molecule has 0 saturated carbocycles. The summed E-state index contributed by atoms with van der Waals surface area (Å²) in [4.78, 5) is 0. The largest absolute Gasteiger partial charge is 2.00 e. The van der Waals surface area contributed by atoms with Crippen LogP contribution in [0.1, 0.15) is 194 Å². The number of unbranched alkanes of at least 4 members (excludes halogenated alkanes) is 26. The maximum atomic E-state index is 10.2. The molecule has 35 heavy (non-hydrogen) atoms. The van der Waals surface area contributed by atoms with E-state index in [2.05, 4.69) is 13.8 Å². The first kappa shape index (κ1) is 40.2. The van der Waals surface area contributed by atoms with Gasteiger partial charge >= 0.3 is 23.1 Å². The van der Waals surface area contributed by atoms with E-state index < -0.39 is 0 Å². The molecule has 0 aromatic rings. The molecule has 0 aromatic carbocycles. The van der Waals surface area contributed by atoms with Gasteiger partial charge in [-0.3, -0.25) is 0 Å². The maximum absolute atomic E-state index is 10.2. The smallest absolute Gasteiger partial charge is 0.854 e. The normalized spacial score (nSPS) is 10.6. The molecule has 0 rings (SSSR count). The molecule has 0 saturated heterocycles. The predicted molar refractivity (Wildman–Crippen MR) is 156 cm³/mol. The van der Waals surface area contributed by atoms with Gasteiger partial charge in [0, 0.05) is 0 Å². The quantitative estimate of drug-likeness (QED) is 0.0783. The van der Waals surface area contributed by atoms with Crippen LogP contribution in [0, 0.1) is 0 Å². The SMILES string of the molecule is CCCCCCCCCCCCCCCC[O-].CCCCCCCCCCCCCCCC[O-].[Mg+2]. The second-order valence-electron chi connectivity index (χ2n) is 10.6. The molecule has 0 aliphatic rings. The number of rotatable bonds is 28. The van der Waals surface area contributed by atoms with Crippen LogP contribution in [-0.2, 0) is 0 Å². The summed E-state index contributed by atoms with van der Waals surface area (Å²) in [5.41, 5.74) is 0. The molecule has 0 N–H and O–H groups in total. The van der Waals surface area contributed by atoms with E-state index in [4.69, 9.17) is 0 Å². The van der Waals surface area contributed by atoms with E-state index in [1.54, 1.807) is 0 Å². The van der Waals surface area contributed by atoms with E-state index in [1.165, 1.54) is 154 Å². The fourth-order valence-electron chi connectivity index (χ4n) is 4.59. The second-order valence-corrected chi connectivity index (χ2v) is 10.6. The standard InChI is InChI=1S/2C16H33O.Mg/c2*1-2-3-4-5-6-7-8-9-10-11-12-13-14-15-16-17;/h2*2-16H2,1H3;/q2*-1;+2. The van der Waals surface area contributed by atoms with Crippen LogP contribution in [0.15, 0.2) is 0 Å². The molecular formula is C32H66MgO2. The van der Waals surface area contributed by atoms with E-state index in [9.17, 15) is 10.2 Å². The van der Waals surface area contributed by atoms with Gasteiger partial charge in [-0.05, 0) is 0 Å². The Balaban J connectivity index is -0.000000569. The Morgan fingerprint density at radius 1 is 0.257 bits per heavy atom. The number of hydrogen-bond acceptors (Lipinski definition) is 2. The maximum Gasteiger partial charge on any atom is 2.00 e. The summed E-state index contributed by atoms with van der Waals surface area (Å²) in [5, 5.41) is 20.5. The molecule has 0 amide bonds. The molecule has 0 unspecified atom stereocenters. The van der Waals surface area contributed by atoms with Gasteiger partial charge in [0.1, 0.15) is 0 Å². The van der Waals surface area contributed by atoms with Gasteiger partial charge < -0.3 is 10.2 Å². The molecular weight excluding hydrogens is 441 g/mol. The van der Waals surface area contributed by atoms with Gasteiger partial charge in [-0.2, -0.15) is 0 Å². The average molecular weight is 507 g/mol. The van der Waals surface area contributed by atoms with Crippen LogP contribution in [0.4, 0.5) is 0 Å². The Morgan fingerprint density at radius 3 is 0.543 bits per heavy atom. The minimum atomic E-state index is 0. The Bertz CT molecular complexity index is 254. The van der Waals surface area contributed by atoms with Crippen molar-refractivity contribution < 1.29 is 10.2 Å². The van der Waals surface area contributed by atoms with E-state index in [1.807, 2.05) is 0 Å². The Labute approximate surface area is 239 Å². The van der Waals surface area contributed by atoms with Crippen LogP contribution in [0.3, 0.4) is 0 Å². The van der Waals surface area contributed by atoms with E-state index in [0.717, 1.165) is 25.7 Å². The van der Waals surface area contributed by atoms with Crippen molar-refractivity contribution in [1.82, 2.24) is 0 Å². The van der Waals surface area contributed by atoms with Crippen molar-refractivity contribution in [2.75, 3.05) is 13.2 Å². The van der Waals surface area contributed by atoms with Crippen LogP contribution in [0.25, 0.3) is 0 Å². The zero-order valence-corrected chi connectivity index (χ0v) is 26.2. The topological polar surface area (TPSA) is 46.1 Å². The molecule has 0 fully saturated rings. The molecule has 0 bridgehead atoms. The molecule has 3 heteroatoms. The third kappa shape index (κ3) is 45.0. The van der Waals surface area contributed by atoms with Crippen LogP contribution < -0.4 is 10.2 Å². The summed E-state index contributed by atoms with van der Waals surface area (Å²) in [6, 6.07) is 0. The molecule has 2 nitrogen and oxygen atoms in total. The number of hydrogen-bond donors (Lipinski definition) is 0. The molecule has 0 spiro atoms. The van der Waals surface area contributed by atoms with Crippen molar-refractivity contribution in [2.24, 2.45) is 0 Å². The van der Waals surface area contributed by atoms with E-state index >= 15 is 0 Å². The van der Waals surface area contributed by atoms with Crippen LogP contribution in [0.5, 0.6) is 0 Å². The van der Waals surface area contributed by atoms with Crippen molar-refractivity contribution in [3.63, 3.8) is 0 Å². The molecule has 0 aromatic heterocycles. The summed E-state index contributed by atoms with van der Waals surface area (Å²) < 4.78 is 0. The molecule has 0 atom stereocenters. The van der Waals surface area contributed by atoms with Gasteiger partial charge in [-0.15, -0.1) is 13.2 Å². The second kappa shape index (κ2) is 41.8. The fourth-order valence-corrected chi connectivity index (χ4v) is 4.59. The van der Waals surface area contributed by atoms with Gasteiger partial charge in [0.05, 0.1) is 0 Å².